The number of nitrogens with one attached hydrogen (secondary N) is 1. The van der Waals surface area contributed by atoms with E-state index in [4.69, 9.17) is 9.05 Å². The van der Waals surface area contributed by atoms with Gasteiger partial charge in [-0.2, -0.15) is 0 Å². The number of phosphoric acid groups is 1. The van der Waals surface area contributed by atoms with Crippen LogP contribution in [0, 0.1) is 0 Å². The smallest absolute Gasteiger partial charge is 0.387 e. The van der Waals surface area contributed by atoms with Gasteiger partial charge in [-0.25, -0.2) is 4.57 Å². The number of carbonyl (C=O) groups is 1. The summed E-state index contributed by atoms with van der Waals surface area (Å²) in [5, 5.41) is 13.7. The molecule has 0 aromatic heterocycles. The van der Waals surface area contributed by atoms with Gasteiger partial charge in [-0.3, -0.25) is 13.8 Å². The molecular weight excluding hydrogens is 695 g/mol. The number of hydrogen-bond acceptors (Lipinski definition) is 5. The van der Waals surface area contributed by atoms with Crippen LogP contribution >= 0.6 is 7.82 Å². The minimum Gasteiger partial charge on any atom is -0.387 e. The lowest BCUT2D eigenvalue weighted by Gasteiger charge is -2.25. The van der Waals surface area contributed by atoms with E-state index in [0.717, 1.165) is 89.9 Å². The molecule has 0 heterocycles. The third-order valence-corrected chi connectivity index (χ3v) is 9.58. The average Bonchev–Trinajstić information content (AvgIpc) is 3.12. The highest BCUT2D eigenvalue weighted by atomic mass is 31.2. The summed E-state index contributed by atoms with van der Waals surface area (Å²) in [7, 11) is 1.52. The molecule has 3 atom stereocenters. The van der Waals surface area contributed by atoms with Crippen molar-refractivity contribution >= 4 is 13.7 Å². The zero-order chi connectivity index (χ0) is 40.0. The maximum atomic E-state index is 12.8. The number of carbonyl (C=O) groups excluding carboxylic acids is 1. The van der Waals surface area contributed by atoms with Crippen LogP contribution < -0.4 is 5.32 Å². The summed E-state index contributed by atoms with van der Waals surface area (Å²) < 4.78 is 23.5. The van der Waals surface area contributed by atoms with Gasteiger partial charge in [-0.1, -0.05) is 144 Å². The number of quaternary nitrogens is 1. The largest absolute Gasteiger partial charge is 0.472 e. The van der Waals surface area contributed by atoms with E-state index in [1.54, 1.807) is 6.08 Å². The first kappa shape index (κ1) is 51.7. The van der Waals surface area contributed by atoms with E-state index < -0.39 is 20.0 Å². The van der Waals surface area contributed by atoms with Gasteiger partial charge in [0, 0.05) is 6.42 Å². The zero-order valence-electron chi connectivity index (χ0n) is 34.9. The number of nitrogens with zero attached hydrogens (tertiary/aromatic N) is 1. The second kappa shape index (κ2) is 36.3. The van der Waals surface area contributed by atoms with Gasteiger partial charge < -0.3 is 19.8 Å². The molecule has 9 heteroatoms. The van der Waals surface area contributed by atoms with Crippen LogP contribution in [0.5, 0.6) is 0 Å². The van der Waals surface area contributed by atoms with Gasteiger partial charge in [0.15, 0.2) is 0 Å². The quantitative estimate of drug-likeness (QED) is 0.0253. The van der Waals surface area contributed by atoms with Gasteiger partial charge in [0.25, 0.3) is 0 Å². The number of hydrogen-bond donors (Lipinski definition) is 3. The number of unbranched alkanes of at least 4 members (excludes halogenated alkanes) is 11. The monoisotopic (exact) mass is 776 g/mol. The molecule has 3 N–H and O–H groups in total. The van der Waals surface area contributed by atoms with E-state index in [0.29, 0.717) is 17.4 Å². The lowest BCUT2D eigenvalue weighted by Crippen LogP contribution is -2.45. The molecule has 0 aliphatic rings. The Kier molecular flexibility index (Phi) is 34.8. The van der Waals surface area contributed by atoms with E-state index in [1.165, 1.54) is 32.1 Å². The highest BCUT2D eigenvalue weighted by Gasteiger charge is 2.27. The summed E-state index contributed by atoms with van der Waals surface area (Å²) in [6.45, 7) is 4.60. The summed E-state index contributed by atoms with van der Waals surface area (Å²) in [6.07, 6.45) is 49.4. The predicted octanol–water partition coefficient (Wildman–Crippen LogP) is 11.4. The van der Waals surface area contributed by atoms with Gasteiger partial charge in [-0.15, -0.1) is 0 Å². The average molecular weight is 776 g/mol. The van der Waals surface area contributed by atoms with Crippen molar-refractivity contribution in [3.63, 3.8) is 0 Å². The molecule has 0 aliphatic heterocycles. The van der Waals surface area contributed by atoms with Crippen LogP contribution in [-0.2, 0) is 18.4 Å². The molecule has 0 aromatic carbocycles. The van der Waals surface area contributed by atoms with Crippen molar-refractivity contribution < 1.29 is 32.9 Å². The lowest BCUT2D eigenvalue weighted by molar-refractivity contribution is -0.870. The zero-order valence-corrected chi connectivity index (χ0v) is 35.8. The van der Waals surface area contributed by atoms with Crippen molar-refractivity contribution in [3.05, 3.63) is 85.1 Å². The molecule has 1 amide bonds. The Morgan fingerprint density at radius 3 is 1.70 bits per heavy atom. The summed E-state index contributed by atoms with van der Waals surface area (Å²) in [5.41, 5.74) is 0. The van der Waals surface area contributed by atoms with Crippen molar-refractivity contribution in [1.29, 1.82) is 0 Å². The molecule has 8 nitrogen and oxygen atoms in total. The van der Waals surface area contributed by atoms with Crippen molar-refractivity contribution in [2.45, 2.75) is 154 Å². The Labute approximate surface area is 331 Å². The first-order chi connectivity index (χ1) is 26.0. The normalized spacial score (nSPS) is 15.3. The fourth-order valence-corrected chi connectivity index (χ4v) is 5.99. The first-order valence-corrected chi connectivity index (χ1v) is 22.5. The molecule has 3 unspecified atom stereocenters. The van der Waals surface area contributed by atoms with Crippen molar-refractivity contribution in [3.8, 4) is 0 Å². The Balaban J connectivity index is 4.49. The molecule has 310 valence electrons. The number of amides is 1. The van der Waals surface area contributed by atoms with E-state index in [1.807, 2.05) is 27.2 Å². The molecule has 0 saturated carbocycles. The van der Waals surface area contributed by atoms with Crippen molar-refractivity contribution in [2.24, 2.45) is 0 Å². The summed E-state index contributed by atoms with van der Waals surface area (Å²) in [5.74, 6) is -0.213. The standard InChI is InChI=1S/C45H79N2O6P/c1-6-8-10-12-14-16-18-19-20-21-22-23-24-25-26-27-29-31-33-35-37-39-45(49)46-43(42-53-54(50,51)52-41-40-47(3,4)5)44(48)38-36-34-32-30-28-17-15-13-11-9-7-2/h8,10,14,16,19-20,22-23,25-26,28,30,36,38,43-44,48H,6-7,9,11-13,15,17-18,21,24,27,29,31-35,37,39-42H2,1-5H3,(H-,46,49,50,51)/p+1/b10-8-,16-14-,20-19-,23-22-,26-25-,30-28+,38-36+. The molecule has 0 radical (unpaired) electrons. The molecule has 0 saturated heterocycles. The number of likely N-dealkylation sites (N-methyl/N-ethyl adjacent to an activating group) is 1. The molecule has 0 bridgehead atoms. The van der Waals surface area contributed by atoms with Gasteiger partial charge in [0.1, 0.15) is 13.2 Å². The number of rotatable bonds is 36. The summed E-state index contributed by atoms with van der Waals surface area (Å²) in [6, 6.07) is -0.877. The van der Waals surface area contributed by atoms with Crippen LogP contribution in [0.1, 0.15) is 142 Å². The minimum absolute atomic E-state index is 0.0470. The van der Waals surface area contributed by atoms with Crippen LogP contribution in [0.2, 0.25) is 0 Å². The second-order valence-electron chi connectivity index (χ2n) is 15.0. The molecule has 0 rings (SSSR count). The van der Waals surface area contributed by atoms with Gasteiger partial charge >= 0.3 is 7.82 Å². The minimum atomic E-state index is -4.35. The number of phosphoric ester groups is 1. The lowest BCUT2D eigenvalue weighted by atomic mass is 10.1. The van der Waals surface area contributed by atoms with Crippen LogP contribution in [0.3, 0.4) is 0 Å². The molecular formula is C45H80N2O6P+. The van der Waals surface area contributed by atoms with E-state index in [9.17, 15) is 19.4 Å². The van der Waals surface area contributed by atoms with Crippen LogP contribution in [0.15, 0.2) is 85.1 Å². The molecule has 0 spiro atoms. The highest BCUT2D eigenvalue weighted by molar-refractivity contribution is 7.47. The Bertz CT molecular complexity index is 1150. The third-order valence-electron chi connectivity index (χ3n) is 8.60. The van der Waals surface area contributed by atoms with Gasteiger partial charge in [-0.05, 0) is 77.0 Å². The summed E-state index contributed by atoms with van der Waals surface area (Å²) >= 11 is 0. The number of aliphatic hydroxyl groups is 1. The topological polar surface area (TPSA) is 105 Å². The Morgan fingerprint density at radius 1 is 0.648 bits per heavy atom. The van der Waals surface area contributed by atoms with Crippen molar-refractivity contribution in [1.82, 2.24) is 5.32 Å². The Morgan fingerprint density at radius 2 is 1.13 bits per heavy atom. The first-order valence-electron chi connectivity index (χ1n) is 21.0. The predicted molar refractivity (Wildman–Crippen MR) is 230 cm³/mol. The van der Waals surface area contributed by atoms with Crippen molar-refractivity contribution in [2.75, 3.05) is 40.9 Å². The number of aliphatic hydroxyl groups excluding tert-OH is 1. The highest BCUT2D eigenvalue weighted by Crippen LogP contribution is 2.43. The van der Waals surface area contributed by atoms with Gasteiger partial charge in [0.2, 0.25) is 5.91 Å². The second-order valence-corrected chi connectivity index (χ2v) is 16.4. The SMILES string of the molecule is CC/C=C\C/C=C\C/C=C\C/C=C\C/C=C\CCCCCCCC(=O)NC(COP(=O)(O)OCC[N+](C)(C)C)C(O)/C=C/CC/C=C/CCCCCCC. The molecule has 54 heavy (non-hydrogen) atoms. The van der Waals surface area contributed by atoms with Gasteiger partial charge in [0.05, 0.1) is 39.9 Å². The van der Waals surface area contributed by atoms with E-state index in [-0.39, 0.29) is 19.1 Å². The number of allylic oxidation sites excluding steroid dienone is 13. The third kappa shape index (κ3) is 38.0. The molecule has 0 aliphatic carbocycles. The maximum Gasteiger partial charge on any atom is 0.472 e. The van der Waals surface area contributed by atoms with Crippen LogP contribution in [0.25, 0.3) is 0 Å². The van der Waals surface area contributed by atoms with E-state index >= 15 is 0 Å². The van der Waals surface area contributed by atoms with Crippen LogP contribution in [0.4, 0.5) is 0 Å². The van der Waals surface area contributed by atoms with Crippen LogP contribution in [-0.4, -0.2) is 73.4 Å². The fourth-order valence-electron chi connectivity index (χ4n) is 5.26. The maximum absolute atomic E-state index is 12.8. The molecule has 0 fully saturated rings. The Hall–Kier alpha value is -2.32. The van der Waals surface area contributed by atoms with E-state index in [2.05, 4.69) is 92.1 Å². The molecule has 0 aromatic rings. The summed E-state index contributed by atoms with van der Waals surface area (Å²) in [4.78, 5) is 23.0. The fraction of sp³-hybridized carbons (Fsp3) is 0.667.